The van der Waals surface area contributed by atoms with Gasteiger partial charge in [0.15, 0.2) is 11.5 Å². The van der Waals surface area contributed by atoms with Gasteiger partial charge in [-0.1, -0.05) is 13.0 Å². The fraction of sp³-hybridized carbons (Fsp3) is 0.400. The van der Waals surface area contributed by atoms with Gasteiger partial charge in [-0.05, 0) is 36.2 Å². The van der Waals surface area contributed by atoms with Gasteiger partial charge >= 0.3 is 0 Å². The van der Waals surface area contributed by atoms with Gasteiger partial charge in [0, 0.05) is 40.8 Å². The van der Waals surface area contributed by atoms with E-state index >= 15 is 0 Å². The Labute approximate surface area is 193 Å². The third-order valence-corrected chi connectivity index (χ3v) is 6.11. The highest BCUT2D eigenvalue weighted by Gasteiger charge is 2.24. The van der Waals surface area contributed by atoms with Crippen LogP contribution in [0.1, 0.15) is 23.7 Å². The molecule has 1 aliphatic rings. The molecular weight excluding hydrogens is 422 g/mol. The van der Waals surface area contributed by atoms with Crippen LogP contribution in [0.4, 0.5) is 0 Å². The van der Waals surface area contributed by atoms with Crippen molar-refractivity contribution in [3.05, 3.63) is 42.1 Å². The minimum atomic E-state index is -0.0972. The highest BCUT2D eigenvalue weighted by molar-refractivity contribution is 6.02. The van der Waals surface area contributed by atoms with Crippen LogP contribution in [0, 0.1) is 0 Å². The van der Waals surface area contributed by atoms with Crippen LogP contribution < -0.4 is 24.8 Å². The molecule has 2 unspecified atom stereocenters. The fourth-order valence-corrected chi connectivity index (χ4v) is 4.33. The van der Waals surface area contributed by atoms with Crippen molar-refractivity contribution in [2.75, 3.05) is 41.1 Å². The van der Waals surface area contributed by atoms with E-state index in [1.165, 1.54) is 0 Å². The van der Waals surface area contributed by atoms with Crippen LogP contribution in [0.15, 0.2) is 36.5 Å². The quantitative estimate of drug-likeness (QED) is 0.484. The van der Waals surface area contributed by atoms with Crippen LogP contribution in [0.25, 0.3) is 22.0 Å². The van der Waals surface area contributed by atoms with E-state index in [-0.39, 0.29) is 18.0 Å². The number of ether oxygens (including phenoxy) is 4. The predicted molar refractivity (Wildman–Crippen MR) is 128 cm³/mol. The fourth-order valence-electron chi connectivity index (χ4n) is 4.33. The van der Waals surface area contributed by atoms with Gasteiger partial charge in [-0.2, -0.15) is 0 Å². The first-order chi connectivity index (χ1) is 16.1. The molecule has 0 saturated carbocycles. The van der Waals surface area contributed by atoms with Crippen molar-refractivity contribution in [1.29, 1.82) is 0 Å². The first kappa shape index (κ1) is 22.9. The van der Waals surface area contributed by atoms with Crippen LogP contribution in [-0.4, -0.2) is 64.1 Å². The van der Waals surface area contributed by atoms with E-state index < -0.39 is 0 Å². The number of methoxy groups -OCH3 is 3. The number of carbonyl (C=O) groups is 1. The summed E-state index contributed by atoms with van der Waals surface area (Å²) in [4.78, 5) is 16.3. The van der Waals surface area contributed by atoms with Gasteiger partial charge in [0.1, 0.15) is 0 Å². The summed E-state index contributed by atoms with van der Waals surface area (Å²) in [5, 5.41) is 7.58. The first-order valence-electron chi connectivity index (χ1n) is 11.1. The van der Waals surface area contributed by atoms with E-state index in [2.05, 4.69) is 22.5 Å². The van der Waals surface area contributed by atoms with Gasteiger partial charge in [-0.25, -0.2) is 0 Å². The Bertz CT molecular complexity index is 1100. The zero-order chi connectivity index (χ0) is 23.4. The molecule has 33 heavy (non-hydrogen) atoms. The molecule has 176 valence electrons. The number of hydrogen-bond donors (Lipinski definition) is 3. The zero-order valence-corrected chi connectivity index (χ0v) is 19.5. The number of rotatable bonds is 8. The summed E-state index contributed by atoms with van der Waals surface area (Å²) in [7, 11) is 4.78. The van der Waals surface area contributed by atoms with E-state index in [4.69, 9.17) is 18.9 Å². The summed E-state index contributed by atoms with van der Waals surface area (Å²) in [6.45, 7) is 4.18. The number of morpholine rings is 1. The summed E-state index contributed by atoms with van der Waals surface area (Å²) < 4.78 is 22.0. The molecule has 0 spiro atoms. The van der Waals surface area contributed by atoms with Gasteiger partial charge in [-0.15, -0.1) is 0 Å². The van der Waals surface area contributed by atoms with E-state index in [0.29, 0.717) is 36.0 Å². The van der Waals surface area contributed by atoms with E-state index in [1.54, 1.807) is 21.3 Å². The molecule has 1 aromatic heterocycles. The molecule has 2 aromatic carbocycles. The van der Waals surface area contributed by atoms with Crippen molar-refractivity contribution in [3.63, 3.8) is 0 Å². The number of amides is 1. The Balaban J connectivity index is 1.60. The third kappa shape index (κ3) is 4.62. The standard InChI is InChI=1S/C25H31N3O5/c1-5-19(21-14-33-9-8-26-21)28-25(29)15-6-7-17-18(13-27-20(17)10-15)16-11-22(30-2)24(32-4)23(12-16)31-3/h6-7,10-13,19,21,26-27H,5,8-9,14H2,1-4H3,(H,28,29). The second kappa shape index (κ2) is 10.1. The molecule has 0 bridgehead atoms. The molecule has 1 aliphatic heterocycles. The molecule has 2 atom stereocenters. The maximum absolute atomic E-state index is 13.0. The first-order valence-corrected chi connectivity index (χ1v) is 11.1. The number of carbonyl (C=O) groups excluding carboxylic acids is 1. The Morgan fingerprint density at radius 3 is 2.52 bits per heavy atom. The van der Waals surface area contributed by atoms with Crippen LogP contribution in [-0.2, 0) is 4.74 Å². The minimum Gasteiger partial charge on any atom is -0.493 e. The summed E-state index contributed by atoms with van der Waals surface area (Å²) >= 11 is 0. The molecule has 8 nitrogen and oxygen atoms in total. The number of hydrogen-bond acceptors (Lipinski definition) is 6. The second-order valence-electron chi connectivity index (χ2n) is 8.00. The van der Waals surface area contributed by atoms with Gasteiger partial charge in [0.25, 0.3) is 5.91 Å². The molecular formula is C25H31N3O5. The van der Waals surface area contributed by atoms with Gasteiger partial charge < -0.3 is 34.6 Å². The molecule has 3 aromatic rings. The molecule has 8 heteroatoms. The molecule has 4 rings (SSSR count). The molecule has 1 saturated heterocycles. The number of H-pyrrole nitrogens is 1. The number of aromatic amines is 1. The molecule has 1 fully saturated rings. The SMILES string of the molecule is CCC(NC(=O)c1ccc2c(-c3cc(OC)c(OC)c(OC)c3)c[nH]c2c1)C1COCCN1. The average molecular weight is 454 g/mol. The number of nitrogens with one attached hydrogen (secondary N) is 3. The predicted octanol–water partition coefficient (Wildman–Crippen LogP) is 3.36. The molecule has 3 N–H and O–H groups in total. The minimum absolute atomic E-state index is 0.00642. The summed E-state index contributed by atoms with van der Waals surface area (Å²) in [6.07, 6.45) is 2.74. The summed E-state index contributed by atoms with van der Waals surface area (Å²) in [5.41, 5.74) is 3.38. The van der Waals surface area contributed by atoms with Gasteiger partial charge in [0.05, 0.1) is 40.6 Å². The van der Waals surface area contributed by atoms with Gasteiger partial charge in [0.2, 0.25) is 5.75 Å². The van der Waals surface area contributed by atoms with E-state index in [1.807, 2.05) is 36.5 Å². The molecule has 2 heterocycles. The Morgan fingerprint density at radius 2 is 1.91 bits per heavy atom. The molecule has 0 radical (unpaired) electrons. The Hall–Kier alpha value is -3.23. The smallest absolute Gasteiger partial charge is 0.251 e. The van der Waals surface area contributed by atoms with Crippen molar-refractivity contribution in [2.45, 2.75) is 25.4 Å². The maximum Gasteiger partial charge on any atom is 0.251 e. The maximum atomic E-state index is 13.0. The van der Waals surface area contributed by atoms with Crippen LogP contribution in [0.2, 0.25) is 0 Å². The lowest BCUT2D eigenvalue weighted by molar-refractivity contribution is 0.0600. The molecule has 0 aliphatic carbocycles. The largest absolute Gasteiger partial charge is 0.493 e. The molecule has 1 amide bonds. The highest BCUT2D eigenvalue weighted by atomic mass is 16.5. The number of fused-ring (bicyclic) bond motifs is 1. The van der Waals surface area contributed by atoms with Crippen molar-refractivity contribution in [1.82, 2.24) is 15.6 Å². The van der Waals surface area contributed by atoms with Crippen LogP contribution in [0.3, 0.4) is 0 Å². The van der Waals surface area contributed by atoms with E-state index in [0.717, 1.165) is 35.0 Å². The monoisotopic (exact) mass is 453 g/mol. The normalized spacial score (nSPS) is 16.9. The van der Waals surface area contributed by atoms with E-state index in [9.17, 15) is 4.79 Å². The average Bonchev–Trinajstić information content (AvgIpc) is 3.30. The van der Waals surface area contributed by atoms with Gasteiger partial charge in [-0.3, -0.25) is 4.79 Å². The van der Waals surface area contributed by atoms with Crippen molar-refractivity contribution < 1.29 is 23.7 Å². The van der Waals surface area contributed by atoms with Crippen LogP contribution >= 0.6 is 0 Å². The van der Waals surface area contributed by atoms with Crippen molar-refractivity contribution >= 4 is 16.8 Å². The topological polar surface area (TPSA) is 93.8 Å². The van der Waals surface area contributed by atoms with Crippen molar-refractivity contribution in [3.8, 4) is 28.4 Å². The second-order valence-corrected chi connectivity index (χ2v) is 8.00. The lowest BCUT2D eigenvalue weighted by Gasteiger charge is -2.31. The third-order valence-electron chi connectivity index (χ3n) is 6.11. The highest BCUT2D eigenvalue weighted by Crippen LogP contribution is 2.42. The summed E-state index contributed by atoms with van der Waals surface area (Å²) in [5.74, 6) is 1.62. The lowest BCUT2D eigenvalue weighted by Crippen LogP contribution is -2.55. The summed E-state index contributed by atoms with van der Waals surface area (Å²) in [6, 6.07) is 9.64. The van der Waals surface area contributed by atoms with Crippen molar-refractivity contribution in [2.24, 2.45) is 0 Å². The Morgan fingerprint density at radius 1 is 1.15 bits per heavy atom. The Kier molecular flexibility index (Phi) is 7.05. The number of benzene rings is 2. The zero-order valence-electron chi connectivity index (χ0n) is 19.5. The lowest BCUT2D eigenvalue weighted by atomic mass is 10.0. The van der Waals surface area contributed by atoms with Crippen LogP contribution in [0.5, 0.6) is 17.2 Å². The number of aromatic nitrogens is 1.